The molecule has 1 aliphatic rings. The van der Waals surface area contributed by atoms with Crippen LogP contribution >= 0.6 is 0 Å². The van der Waals surface area contributed by atoms with Crippen molar-refractivity contribution in [3.8, 4) is 5.75 Å². The van der Waals surface area contributed by atoms with E-state index in [4.69, 9.17) is 4.74 Å². The van der Waals surface area contributed by atoms with Crippen LogP contribution in [0.15, 0.2) is 54.6 Å². The number of fused-ring (bicyclic) bond motifs is 1. The number of hydrogen-bond donors (Lipinski definition) is 4. The highest BCUT2D eigenvalue weighted by Crippen LogP contribution is 2.28. The molecule has 35 heavy (non-hydrogen) atoms. The molecule has 5 rings (SSSR count). The van der Waals surface area contributed by atoms with Gasteiger partial charge in [0.1, 0.15) is 17.4 Å². The van der Waals surface area contributed by atoms with E-state index in [1.165, 1.54) is 24.3 Å². The lowest BCUT2D eigenvalue weighted by Crippen LogP contribution is -2.29. The van der Waals surface area contributed by atoms with Gasteiger partial charge in [0.15, 0.2) is 5.82 Å². The number of ether oxygens (including phenoxy) is 1. The summed E-state index contributed by atoms with van der Waals surface area (Å²) in [4.78, 5) is 13.2. The van der Waals surface area contributed by atoms with Gasteiger partial charge in [-0.05, 0) is 66.8 Å². The molecule has 9 heteroatoms. The number of carbonyl (C=O) groups is 1. The number of phenolic OH excluding ortho intramolecular Hbond substituents is 1. The average molecular weight is 478 g/mol. The van der Waals surface area contributed by atoms with Crippen molar-refractivity contribution in [2.24, 2.45) is 0 Å². The van der Waals surface area contributed by atoms with Crippen molar-refractivity contribution in [3.63, 3.8) is 0 Å². The molecule has 0 bridgehead atoms. The van der Waals surface area contributed by atoms with E-state index in [2.05, 4.69) is 20.8 Å². The van der Waals surface area contributed by atoms with Gasteiger partial charge in [-0.1, -0.05) is 6.07 Å². The Balaban J connectivity index is 1.38. The Bertz CT molecular complexity index is 1360. The zero-order valence-electron chi connectivity index (χ0n) is 18.8. The lowest BCUT2D eigenvalue weighted by Gasteiger charge is -2.25. The summed E-state index contributed by atoms with van der Waals surface area (Å²) in [6.07, 6.45) is 1.93. The molecule has 2 heterocycles. The molecule has 1 aliphatic heterocycles. The third-order valence-corrected chi connectivity index (χ3v) is 6.02. The van der Waals surface area contributed by atoms with Crippen molar-refractivity contribution in [2.75, 3.05) is 23.8 Å². The van der Waals surface area contributed by atoms with Gasteiger partial charge in [-0.2, -0.15) is 5.10 Å². The highest BCUT2D eigenvalue weighted by Gasteiger charge is 2.19. The van der Waals surface area contributed by atoms with Crippen LogP contribution in [0.5, 0.6) is 5.75 Å². The Labute approximate surface area is 200 Å². The van der Waals surface area contributed by atoms with Crippen molar-refractivity contribution in [1.82, 2.24) is 10.2 Å². The molecule has 0 saturated carbocycles. The summed E-state index contributed by atoms with van der Waals surface area (Å²) < 4.78 is 32.5. The van der Waals surface area contributed by atoms with Gasteiger partial charge < -0.3 is 20.5 Å². The molecular formula is C26H24F2N4O3. The number of phenols is 1. The second-order valence-corrected chi connectivity index (χ2v) is 8.62. The van der Waals surface area contributed by atoms with Crippen LogP contribution in [0.1, 0.15) is 34.3 Å². The Morgan fingerprint density at radius 1 is 1.03 bits per heavy atom. The molecule has 7 nitrogen and oxygen atoms in total. The fourth-order valence-electron chi connectivity index (χ4n) is 4.30. The van der Waals surface area contributed by atoms with E-state index >= 15 is 0 Å². The van der Waals surface area contributed by atoms with Crippen LogP contribution in [0.2, 0.25) is 0 Å². The van der Waals surface area contributed by atoms with Gasteiger partial charge in [0, 0.05) is 36.8 Å². The van der Waals surface area contributed by atoms with Gasteiger partial charge in [-0.25, -0.2) is 8.78 Å². The average Bonchev–Trinajstić information content (AvgIpc) is 3.21. The van der Waals surface area contributed by atoms with Crippen molar-refractivity contribution < 1.29 is 23.4 Å². The SMILES string of the molecule is O=C(Nc1n[nH]c2ccc(Cc3cc(F)cc(F)c3)cc12)c1ccc(O)cc1NC1CCOCC1. The fraction of sp³-hybridized carbons (Fsp3) is 0.231. The first-order valence-electron chi connectivity index (χ1n) is 11.4. The van der Waals surface area contributed by atoms with Crippen LogP contribution in [0.3, 0.4) is 0 Å². The summed E-state index contributed by atoms with van der Waals surface area (Å²) in [6, 6.07) is 13.6. The monoisotopic (exact) mass is 478 g/mol. The van der Waals surface area contributed by atoms with Crippen LogP contribution in [-0.4, -0.2) is 40.5 Å². The Hall–Kier alpha value is -3.98. The lowest BCUT2D eigenvalue weighted by molar-refractivity contribution is 0.0904. The van der Waals surface area contributed by atoms with E-state index in [9.17, 15) is 18.7 Å². The molecule has 4 aromatic rings. The van der Waals surface area contributed by atoms with Gasteiger partial charge >= 0.3 is 0 Å². The summed E-state index contributed by atoms with van der Waals surface area (Å²) >= 11 is 0. The Morgan fingerprint density at radius 2 is 1.80 bits per heavy atom. The number of aromatic amines is 1. The number of benzene rings is 3. The topological polar surface area (TPSA) is 99.3 Å². The number of amides is 1. The summed E-state index contributed by atoms with van der Waals surface area (Å²) in [5.74, 6) is -1.25. The van der Waals surface area contributed by atoms with Gasteiger partial charge in [0.05, 0.1) is 16.8 Å². The third kappa shape index (κ3) is 5.25. The maximum atomic E-state index is 13.6. The number of carbonyl (C=O) groups excluding carboxylic acids is 1. The second kappa shape index (κ2) is 9.71. The highest BCUT2D eigenvalue weighted by molar-refractivity contribution is 6.10. The molecule has 4 N–H and O–H groups in total. The molecular weight excluding hydrogens is 454 g/mol. The molecule has 3 aromatic carbocycles. The minimum absolute atomic E-state index is 0.0553. The van der Waals surface area contributed by atoms with Crippen molar-refractivity contribution in [2.45, 2.75) is 25.3 Å². The van der Waals surface area contributed by atoms with Crippen LogP contribution < -0.4 is 10.6 Å². The van der Waals surface area contributed by atoms with Gasteiger partial charge in [0.25, 0.3) is 5.91 Å². The minimum atomic E-state index is -0.628. The van der Waals surface area contributed by atoms with Crippen molar-refractivity contribution >= 4 is 28.3 Å². The molecule has 180 valence electrons. The minimum Gasteiger partial charge on any atom is -0.508 e. The molecule has 1 fully saturated rings. The van der Waals surface area contributed by atoms with Crippen LogP contribution in [0, 0.1) is 11.6 Å². The van der Waals surface area contributed by atoms with Crippen LogP contribution in [0.25, 0.3) is 10.9 Å². The van der Waals surface area contributed by atoms with Crippen molar-refractivity contribution in [1.29, 1.82) is 0 Å². The van der Waals surface area contributed by atoms with E-state index in [-0.39, 0.29) is 17.7 Å². The summed E-state index contributed by atoms with van der Waals surface area (Å²) in [7, 11) is 0. The standard InChI is InChI=1S/C26H24F2N4O3/c27-17-10-16(11-18(28)13-17)9-15-1-4-23-22(12-15)25(32-31-23)30-26(34)21-3-2-20(33)14-24(21)29-19-5-7-35-8-6-19/h1-4,10-14,19,29,33H,5-9H2,(H2,30,31,32,34). The predicted octanol–water partition coefficient (Wildman–Crippen LogP) is 4.98. The molecule has 0 radical (unpaired) electrons. The number of rotatable bonds is 6. The molecule has 0 spiro atoms. The second-order valence-electron chi connectivity index (χ2n) is 8.62. The zero-order valence-corrected chi connectivity index (χ0v) is 18.8. The quantitative estimate of drug-likeness (QED) is 0.313. The number of H-pyrrole nitrogens is 1. The van der Waals surface area contributed by atoms with E-state index in [0.29, 0.717) is 53.2 Å². The third-order valence-electron chi connectivity index (χ3n) is 6.02. The molecule has 1 saturated heterocycles. The normalized spacial score (nSPS) is 14.2. The smallest absolute Gasteiger partial charge is 0.258 e. The zero-order chi connectivity index (χ0) is 24.4. The summed E-state index contributed by atoms with van der Waals surface area (Å²) in [5, 5.41) is 24.0. The molecule has 1 aromatic heterocycles. The predicted molar refractivity (Wildman–Crippen MR) is 129 cm³/mol. The number of nitrogens with zero attached hydrogens (tertiary/aromatic N) is 1. The first kappa shape index (κ1) is 22.8. The van der Waals surface area contributed by atoms with E-state index < -0.39 is 11.6 Å². The van der Waals surface area contributed by atoms with Crippen molar-refractivity contribution in [3.05, 3.63) is 82.9 Å². The summed E-state index contributed by atoms with van der Waals surface area (Å²) in [5.41, 5.74) is 2.93. The number of halogens is 2. The van der Waals surface area contributed by atoms with Gasteiger partial charge in [-0.15, -0.1) is 0 Å². The molecule has 0 unspecified atom stereocenters. The highest BCUT2D eigenvalue weighted by atomic mass is 19.1. The Kier molecular flexibility index (Phi) is 6.33. The fourth-order valence-corrected chi connectivity index (χ4v) is 4.30. The van der Waals surface area contributed by atoms with Crippen LogP contribution in [-0.2, 0) is 11.2 Å². The summed E-state index contributed by atoms with van der Waals surface area (Å²) in [6.45, 7) is 1.28. The number of hydrogen-bond acceptors (Lipinski definition) is 5. The maximum Gasteiger partial charge on any atom is 0.258 e. The van der Waals surface area contributed by atoms with Gasteiger partial charge in [-0.3, -0.25) is 9.89 Å². The number of nitrogens with one attached hydrogen (secondary N) is 3. The number of aromatic nitrogens is 2. The largest absolute Gasteiger partial charge is 0.508 e. The van der Waals surface area contributed by atoms with Gasteiger partial charge in [0.2, 0.25) is 0 Å². The molecule has 0 aliphatic carbocycles. The number of anilines is 2. The number of aromatic hydroxyl groups is 1. The first-order chi connectivity index (χ1) is 16.9. The maximum absolute atomic E-state index is 13.6. The van der Waals surface area contributed by atoms with E-state index in [1.54, 1.807) is 6.07 Å². The lowest BCUT2D eigenvalue weighted by atomic mass is 10.0. The molecule has 1 amide bonds. The molecule has 0 atom stereocenters. The first-order valence-corrected chi connectivity index (χ1v) is 11.4. The van der Waals surface area contributed by atoms with Crippen LogP contribution in [0.4, 0.5) is 20.3 Å². The van der Waals surface area contributed by atoms with E-state index in [0.717, 1.165) is 24.5 Å². The Morgan fingerprint density at radius 3 is 2.57 bits per heavy atom. The van der Waals surface area contributed by atoms with E-state index in [1.807, 2.05) is 18.2 Å².